The Balaban J connectivity index is 1.72. The lowest BCUT2D eigenvalue weighted by Gasteiger charge is -2.23. The molecule has 0 aliphatic heterocycles. The molecule has 0 saturated heterocycles. The first kappa shape index (κ1) is 19.0. The molecular weight excluding hydrogens is 358 g/mol. The quantitative estimate of drug-likeness (QED) is 0.569. The number of carbonyl (C=O) groups is 1. The highest BCUT2D eigenvalue weighted by Crippen LogP contribution is 2.22. The van der Waals surface area contributed by atoms with Crippen molar-refractivity contribution in [2.24, 2.45) is 0 Å². The Morgan fingerprint density at radius 2 is 1.78 bits per heavy atom. The van der Waals surface area contributed by atoms with Crippen LogP contribution in [0.15, 0.2) is 66.0 Å². The summed E-state index contributed by atoms with van der Waals surface area (Å²) in [5, 5.41) is 2.02. The summed E-state index contributed by atoms with van der Waals surface area (Å²) in [5.74, 6) is 1.41. The Kier molecular flexibility index (Phi) is 6.49. The molecule has 0 radical (unpaired) electrons. The van der Waals surface area contributed by atoms with Crippen LogP contribution in [0.4, 0.5) is 0 Å². The first-order chi connectivity index (χ1) is 13.2. The Morgan fingerprint density at radius 1 is 1.00 bits per heavy atom. The minimum atomic E-state index is -0.0603. The van der Waals surface area contributed by atoms with Crippen molar-refractivity contribution in [2.45, 2.75) is 20.0 Å². The van der Waals surface area contributed by atoms with Crippen LogP contribution < -0.4 is 9.47 Å². The number of rotatable bonds is 8. The van der Waals surface area contributed by atoms with Crippen molar-refractivity contribution < 1.29 is 14.3 Å². The van der Waals surface area contributed by atoms with Crippen molar-refractivity contribution in [1.29, 1.82) is 0 Å². The van der Waals surface area contributed by atoms with Crippen molar-refractivity contribution in [3.63, 3.8) is 0 Å². The predicted molar refractivity (Wildman–Crippen MR) is 108 cm³/mol. The van der Waals surface area contributed by atoms with Gasteiger partial charge in [-0.1, -0.05) is 42.0 Å². The maximum absolute atomic E-state index is 12.9. The van der Waals surface area contributed by atoms with Gasteiger partial charge in [0.2, 0.25) is 0 Å². The van der Waals surface area contributed by atoms with Crippen LogP contribution in [0.2, 0.25) is 0 Å². The van der Waals surface area contributed by atoms with Crippen LogP contribution in [0.25, 0.3) is 0 Å². The Morgan fingerprint density at radius 3 is 2.48 bits per heavy atom. The molecule has 140 valence electrons. The van der Waals surface area contributed by atoms with E-state index in [1.807, 2.05) is 73.0 Å². The summed E-state index contributed by atoms with van der Waals surface area (Å²) in [7, 11) is 1.64. The van der Waals surface area contributed by atoms with E-state index in [1.54, 1.807) is 23.3 Å². The van der Waals surface area contributed by atoms with Crippen LogP contribution in [-0.4, -0.2) is 24.5 Å². The fraction of sp³-hybridized carbons (Fsp3) is 0.227. The zero-order valence-electron chi connectivity index (χ0n) is 15.6. The molecule has 0 spiro atoms. The van der Waals surface area contributed by atoms with Crippen molar-refractivity contribution in [3.05, 3.63) is 82.0 Å². The molecule has 27 heavy (non-hydrogen) atoms. The van der Waals surface area contributed by atoms with Crippen LogP contribution in [-0.2, 0) is 17.9 Å². The smallest absolute Gasteiger partial charge is 0.261 e. The van der Waals surface area contributed by atoms with Gasteiger partial charge >= 0.3 is 0 Å². The van der Waals surface area contributed by atoms with E-state index in [1.165, 1.54) is 0 Å². The highest BCUT2D eigenvalue weighted by molar-refractivity contribution is 7.09. The summed E-state index contributed by atoms with van der Waals surface area (Å²) >= 11 is 1.64. The number of amides is 1. The summed E-state index contributed by atoms with van der Waals surface area (Å²) in [6.45, 7) is 3.04. The number of thiophene rings is 1. The molecule has 1 heterocycles. The van der Waals surface area contributed by atoms with Gasteiger partial charge in [0.15, 0.2) is 6.61 Å². The number of hydrogen-bond donors (Lipinski definition) is 0. The molecule has 0 atom stereocenters. The molecule has 0 aliphatic rings. The standard InChI is InChI=1S/C22H23NO3S/c1-17-9-11-19(12-10-17)26-16-22(24)23(15-20-7-5-13-27-20)14-18-6-3-4-8-21(18)25-2/h3-13H,14-16H2,1-2H3. The van der Waals surface area contributed by atoms with Gasteiger partial charge in [-0.25, -0.2) is 0 Å². The fourth-order valence-electron chi connectivity index (χ4n) is 2.73. The topological polar surface area (TPSA) is 38.8 Å². The summed E-state index contributed by atoms with van der Waals surface area (Å²) in [4.78, 5) is 15.8. The van der Waals surface area contributed by atoms with E-state index in [-0.39, 0.29) is 12.5 Å². The molecule has 1 amide bonds. The molecule has 5 heteroatoms. The molecule has 0 aliphatic carbocycles. The van der Waals surface area contributed by atoms with Crippen molar-refractivity contribution in [2.75, 3.05) is 13.7 Å². The lowest BCUT2D eigenvalue weighted by atomic mass is 10.2. The summed E-state index contributed by atoms with van der Waals surface area (Å²) in [6, 6.07) is 19.5. The van der Waals surface area contributed by atoms with E-state index < -0.39 is 0 Å². The zero-order chi connectivity index (χ0) is 19.1. The number of ether oxygens (including phenoxy) is 2. The second-order valence-electron chi connectivity index (χ2n) is 6.24. The predicted octanol–water partition coefficient (Wildman–Crippen LogP) is 4.67. The number of nitrogens with zero attached hydrogens (tertiary/aromatic N) is 1. The molecule has 0 N–H and O–H groups in total. The van der Waals surface area contributed by atoms with Gasteiger partial charge in [0.25, 0.3) is 5.91 Å². The normalized spacial score (nSPS) is 10.4. The minimum Gasteiger partial charge on any atom is -0.496 e. The molecule has 4 nitrogen and oxygen atoms in total. The molecule has 0 bridgehead atoms. The number of methoxy groups -OCH3 is 1. The Labute approximate surface area is 164 Å². The van der Waals surface area contributed by atoms with Crippen LogP contribution in [0.3, 0.4) is 0 Å². The Bertz CT molecular complexity index is 860. The van der Waals surface area contributed by atoms with Crippen molar-refractivity contribution >= 4 is 17.2 Å². The van der Waals surface area contributed by atoms with Crippen molar-refractivity contribution in [1.82, 2.24) is 4.90 Å². The Hall–Kier alpha value is -2.79. The fourth-order valence-corrected chi connectivity index (χ4v) is 3.45. The SMILES string of the molecule is COc1ccccc1CN(Cc1cccs1)C(=O)COc1ccc(C)cc1. The van der Waals surface area contributed by atoms with Gasteiger partial charge in [-0.05, 0) is 36.6 Å². The molecule has 3 rings (SSSR count). The first-order valence-corrected chi connectivity index (χ1v) is 9.65. The van der Waals surface area contributed by atoms with E-state index in [0.717, 1.165) is 21.8 Å². The van der Waals surface area contributed by atoms with Gasteiger partial charge in [-0.3, -0.25) is 4.79 Å². The maximum Gasteiger partial charge on any atom is 0.261 e. The number of para-hydroxylation sites is 1. The van der Waals surface area contributed by atoms with Crippen LogP contribution >= 0.6 is 11.3 Å². The number of carbonyl (C=O) groups excluding carboxylic acids is 1. The second-order valence-corrected chi connectivity index (χ2v) is 7.27. The maximum atomic E-state index is 12.9. The number of aryl methyl sites for hydroxylation is 1. The van der Waals surface area contributed by atoms with Crippen LogP contribution in [0, 0.1) is 6.92 Å². The van der Waals surface area contributed by atoms with E-state index in [2.05, 4.69) is 0 Å². The zero-order valence-corrected chi connectivity index (χ0v) is 16.4. The molecule has 1 aromatic heterocycles. The third-order valence-electron chi connectivity index (χ3n) is 4.22. The molecule has 0 fully saturated rings. The molecular formula is C22H23NO3S. The number of hydrogen-bond acceptors (Lipinski definition) is 4. The molecule has 0 unspecified atom stereocenters. The highest BCUT2D eigenvalue weighted by atomic mass is 32.1. The van der Waals surface area contributed by atoms with Crippen molar-refractivity contribution in [3.8, 4) is 11.5 Å². The van der Waals surface area contributed by atoms with Gasteiger partial charge in [0.1, 0.15) is 11.5 Å². The van der Waals surface area contributed by atoms with Gasteiger partial charge in [-0.2, -0.15) is 0 Å². The lowest BCUT2D eigenvalue weighted by Crippen LogP contribution is -2.34. The lowest BCUT2D eigenvalue weighted by molar-refractivity contribution is -0.134. The summed E-state index contributed by atoms with van der Waals surface area (Å²) < 4.78 is 11.1. The molecule has 0 saturated carbocycles. The van der Waals surface area contributed by atoms with Gasteiger partial charge in [-0.15, -0.1) is 11.3 Å². The third kappa shape index (κ3) is 5.34. The number of benzene rings is 2. The summed E-state index contributed by atoms with van der Waals surface area (Å²) in [6.07, 6.45) is 0. The molecule has 2 aromatic carbocycles. The van der Waals surface area contributed by atoms with Gasteiger partial charge < -0.3 is 14.4 Å². The van der Waals surface area contributed by atoms with Crippen LogP contribution in [0.5, 0.6) is 11.5 Å². The van der Waals surface area contributed by atoms with Gasteiger partial charge in [0.05, 0.1) is 13.7 Å². The average molecular weight is 381 g/mol. The second kappa shape index (κ2) is 9.24. The first-order valence-electron chi connectivity index (χ1n) is 8.77. The van der Waals surface area contributed by atoms with E-state index in [0.29, 0.717) is 18.8 Å². The van der Waals surface area contributed by atoms with E-state index >= 15 is 0 Å². The monoisotopic (exact) mass is 381 g/mol. The highest BCUT2D eigenvalue weighted by Gasteiger charge is 2.17. The average Bonchev–Trinajstić information content (AvgIpc) is 3.20. The van der Waals surface area contributed by atoms with Crippen LogP contribution in [0.1, 0.15) is 16.0 Å². The van der Waals surface area contributed by atoms with E-state index in [9.17, 15) is 4.79 Å². The molecule has 3 aromatic rings. The minimum absolute atomic E-state index is 0.00356. The summed E-state index contributed by atoms with van der Waals surface area (Å²) in [5.41, 5.74) is 2.13. The largest absolute Gasteiger partial charge is 0.496 e. The van der Waals surface area contributed by atoms with E-state index in [4.69, 9.17) is 9.47 Å². The third-order valence-corrected chi connectivity index (χ3v) is 5.08. The van der Waals surface area contributed by atoms with Gasteiger partial charge in [0, 0.05) is 17.0 Å².